The lowest BCUT2D eigenvalue weighted by Gasteiger charge is -2.29. The Hall–Kier alpha value is -4.34. The van der Waals surface area contributed by atoms with Crippen LogP contribution in [0.5, 0.6) is 11.5 Å². The van der Waals surface area contributed by atoms with E-state index in [0.29, 0.717) is 34.2 Å². The third-order valence-electron chi connectivity index (χ3n) is 8.66. The van der Waals surface area contributed by atoms with Crippen molar-refractivity contribution in [2.75, 3.05) is 12.1 Å². The van der Waals surface area contributed by atoms with Crippen molar-refractivity contribution >= 4 is 45.9 Å². The van der Waals surface area contributed by atoms with Crippen molar-refractivity contribution in [1.29, 1.82) is 0 Å². The van der Waals surface area contributed by atoms with E-state index in [2.05, 4.69) is 15.6 Å². The number of benzene rings is 3. The maximum Gasteiger partial charge on any atom is 0.250 e. The summed E-state index contributed by atoms with van der Waals surface area (Å²) in [5.74, 6) is -1.51. The molecule has 4 aromatic rings. The number of hydrogen-bond acceptors (Lipinski definition) is 6. The zero-order valence-electron chi connectivity index (χ0n) is 21.1. The number of fused-ring (bicyclic) bond motifs is 6. The molecular formula is C30H23ClN4O5. The quantitative estimate of drug-likeness (QED) is 0.332. The number of anilines is 1. The minimum absolute atomic E-state index is 0.0706. The van der Waals surface area contributed by atoms with Crippen LogP contribution in [-0.4, -0.2) is 40.4 Å². The molecule has 40 heavy (non-hydrogen) atoms. The van der Waals surface area contributed by atoms with Gasteiger partial charge in [-0.2, -0.15) is 0 Å². The molecule has 4 aliphatic rings. The highest BCUT2D eigenvalue weighted by molar-refractivity contribution is 6.31. The van der Waals surface area contributed by atoms with Gasteiger partial charge in [0.2, 0.25) is 24.5 Å². The zero-order valence-corrected chi connectivity index (χ0v) is 21.8. The monoisotopic (exact) mass is 554 g/mol. The largest absolute Gasteiger partial charge is 0.454 e. The molecule has 3 aromatic carbocycles. The van der Waals surface area contributed by atoms with Crippen LogP contribution in [0, 0.1) is 11.8 Å². The van der Waals surface area contributed by atoms with E-state index < -0.39 is 23.4 Å². The molecule has 8 rings (SSSR count). The highest BCUT2D eigenvalue weighted by Gasteiger charge is 2.70. The molecule has 3 N–H and O–H groups in total. The van der Waals surface area contributed by atoms with Crippen LogP contribution < -0.4 is 20.1 Å². The Morgan fingerprint density at radius 2 is 1.82 bits per heavy atom. The molecule has 5 heterocycles. The van der Waals surface area contributed by atoms with Crippen molar-refractivity contribution < 1.29 is 23.9 Å². The number of H-pyrrole nitrogens is 1. The van der Waals surface area contributed by atoms with Crippen molar-refractivity contribution in [3.63, 3.8) is 0 Å². The van der Waals surface area contributed by atoms with Crippen LogP contribution in [0.15, 0.2) is 66.9 Å². The number of likely N-dealkylation sites (tertiary alicyclic amines) is 1. The van der Waals surface area contributed by atoms with E-state index in [9.17, 15) is 14.4 Å². The van der Waals surface area contributed by atoms with Gasteiger partial charge in [0.15, 0.2) is 11.5 Å². The van der Waals surface area contributed by atoms with Crippen LogP contribution >= 0.6 is 11.6 Å². The summed E-state index contributed by atoms with van der Waals surface area (Å²) in [7, 11) is 0. The maximum absolute atomic E-state index is 14.2. The molecule has 0 unspecified atom stereocenters. The van der Waals surface area contributed by atoms with E-state index >= 15 is 0 Å². The summed E-state index contributed by atoms with van der Waals surface area (Å²) in [6.07, 6.45) is 2.38. The van der Waals surface area contributed by atoms with Crippen LogP contribution in [0.4, 0.5) is 5.69 Å². The lowest BCUT2D eigenvalue weighted by atomic mass is 9.76. The van der Waals surface area contributed by atoms with Gasteiger partial charge in [0.1, 0.15) is 5.54 Å². The third kappa shape index (κ3) is 3.16. The Morgan fingerprint density at radius 3 is 2.73 bits per heavy atom. The number of ether oxygens (including phenoxy) is 2. The van der Waals surface area contributed by atoms with Gasteiger partial charge in [0, 0.05) is 39.4 Å². The second-order valence-electron chi connectivity index (χ2n) is 10.7. The van der Waals surface area contributed by atoms with Crippen LogP contribution in [0.2, 0.25) is 5.02 Å². The molecule has 200 valence electrons. The molecule has 10 heteroatoms. The van der Waals surface area contributed by atoms with Crippen molar-refractivity contribution in [1.82, 2.24) is 15.2 Å². The molecule has 0 bridgehead atoms. The minimum Gasteiger partial charge on any atom is -0.454 e. The van der Waals surface area contributed by atoms with Crippen LogP contribution in [-0.2, 0) is 32.9 Å². The van der Waals surface area contributed by atoms with Crippen molar-refractivity contribution in [2.45, 2.75) is 24.5 Å². The Balaban J connectivity index is 1.22. The minimum atomic E-state index is -1.42. The highest BCUT2D eigenvalue weighted by Crippen LogP contribution is 2.54. The number of amides is 3. The highest BCUT2D eigenvalue weighted by atomic mass is 35.5. The van der Waals surface area contributed by atoms with Crippen LogP contribution in [0.25, 0.3) is 10.9 Å². The average Bonchev–Trinajstić information content (AvgIpc) is 3.75. The number of imide groups is 1. The Kier molecular flexibility index (Phi) is 4.90. The Morgan fingerprint density at radius 1 is 0.975 bits per heavy atom. The molecule has 2 saturated heterocycles. The molecule has 0 aliphatic carbocycles. The van der Waals surface area contributed by atoms with Gasteiger partial charge in [-0.15, -0.1) is 0 Å². The van der Waals surface area contributed by atoms with Gasteiger partial charge in [-0.3, -0.25) is 24.6 Å². The summed E-state index contributed by atoms with van der Waals surface area (Å²) in [5.41, 5.74) is 2.48. The second kappa shape index (κ2) is 8.33. The predicted molar refractivity (Wildman–Crippen MR) is 146 cm³/mol. The number of carbonyl (C=O) groups is 3. The summed E-state index contributed by atoms with van der Waals surface area (Å²) >= 11 is 6.38. The fourth-order valence-corrected chi connectivity index (χ4v) is 7.10. The molecule has 1 aromatic heterocycles. The van der Waals surface area contributed by atoms with Crippen molar-refractivity contribution in [3.8, 4) is 11.5 Å². The first-order valence-electron chi connectivity index (χ1n) is 13.1. The number of rotatable bonds is 4. The first-order chi connectivity index (χ1) is 19.4. The fourth-order valence-electron chi connectivity index (χ4n) is 6.92. The van der Waals surface area contributed by atoms with Crippen molar-refractivity contribution in [3.05, 3.63) is 88.6 Å². The molecule has 9 nitrogen and oxygen atoms in total. The number of hydrogen-bond donors (Lipinski definition) is 3. The summed E-state index contributed by atoms with van der Waals surface area (Å²) in [6, 6.07) is 18.0. The summed E-state index contributed by atoms with van der Waals surface area (Å²) in [4.78, 5) is 46.6. The molecule has 2 fully saturated rings. The average molecular weight is 555 g/mol. The van der Waals surface area contributed by atoms with Gasteiger partial charge >= 0.3 is 0 Å². The number of nitrogens with zero attached hydrogens (tertiary/aromatic N) is 1. The topological polar surface area (TPSA) is 113 Å². The number of halogens is 1. The van der Waals surface area contributed by atoms with Gasteiger partial charge in [0.05, 0.1) is 18.4 Å². The Labute approximate surface area is 233 Å². The van der Waals surface area contributed by atoms with Crippen LogP contribution in [0.1, 0.15) is 16.7 Å². The van der Waals surface area contributed by atoms with Crippen molar-refractivity contribution in [2.24, 2.45) is 11.8 Å². The number of aromatic amines is 1. The third-order valence-corrected chi connectivity index (χ3v) is 8.90. The SMILES string of the molecule is O=C1[C@H]2[C@@H](C(=O)N1Cc1ccc3c(c1)OCO3)[C@@]1(N[C@@H]2Cc2c[nH]c3ccccc23)C(=O)Nc2ccc(Cl)cc21. The standard InChI is InChI=1S/C30H23ClN4O5/c31-17-6-7-21-19(11-17)30(29(38)33-21)26-25(22(34-30)10-16-12-32-20-4-2-1-3-18(16)20)27(36)35(28(26)37)13-15-5-8-23-24(9-15)40-14-39-23/h1-9,11-12,22,25-26,32,34H,10,13-14H2,(H,33,38)/t22-,25-,26+,30-/m1/s1. The lowest BCUT2D eigenvalue weighted by Crippen LogP contribution is -2.53. The summed E-state index contributed by atoms with van der Waals surface area (Å²) < 4.78 is 10.9. The summed E-state index contributed by atoms with van der Waals surface area (Å²) in [5, 5.41) is 7.91. The van der Waals surface area contributed by atoms with E-state index in [-0.39, 0.29) is 31.1 Å². The number of carbonyl (C=O) groups excluding carboxylic acids is 3. The fraction of sp³-hybridized carbons (Fsp3) is 0.233. The summed E-state index contributed by atoms with van der Waals surface area (Å²) in [6.45, 7) is 0.201. The molecule has 1 spiro atoms. The first kappa shape index (κ1) is 23.5. The number of para-hydroxylation sites is 1. The maximum atomic E-state index is 14.2. The molecule has 0 radical (unpaired) electrons. The van der Waals surface area contributed by atoms with E-state index in [0.717, 1.165) is 22.0 Å². The molecular weight excluding hydrogens is 532 g/mol. The lowest BCUT2D eigenvalue weighted by molar-refractivity contribution is -0.143. The van der Waals surface area contributed by atoms with Gasteiger partial charge < -0.3 is 19.8 Å². The second-order valence-corrected chi connectivity index (χ2v) is 11.2. The molecule has 4 aliphatic heterocycles. The predicted octanol–water partition coefficient (Wildman–Crippen LogP) is 3.71. The molecule has 4 atom stereocenters. The van der Waals surface area contributed by atoms with E-state index in [1.165, 1.54) is 4.90 Å². The number of aromatic nitrogens is 1. The molecule has 0 saturated carbocycles. The van der Waals surface area contributed by atoms with Gasteiger partial charge in [-0.1, -0.05) is 35.9 Å². The normalized spacial score (nSPS) is 26.2. The van der Waals surface area contributed by atoms with E-state index in [1.54, 1.807) is 30.3 Å². The molecule has 3 amide bonds. The Bertz CT molecular complexity index is 1770. The first-order valence-corrected chi connectivity index (χ1v) is 13.5. The van der Waals surface area contributed by atoms with Gasteiger partial charge in [0.25, 0.3) is 0 Å². The number of nitrogens with one attached hydrogen (secondary N) is 3. The van der Waals surface area contributed by atoms with E-state index in [4.69, 9.17) is 21.1 Å². The zero-order chi connectivity index (χ0) is 27.2. The van der Waals surface area contributed by atoms with E-state index in [1.807, 2.05) is 36.5 Å². The smallest absolute Gasteiger partial charge is 0.250 e. The van der Waals surface area contributed by atoms with Gasteiger partial charge in [-0.05, 0) is 53.9 Å². The van der Waals surface area contributed by atoms with Crippen LogP contribution in [0.3, 0.4) is 0 Å². The van der Waals surface area contributed by atoms with Gasteiger partial charge in [-0.25, -0.2) is 0 Å².